The molecule has 0 heterocycles. The highest BCUT2D eigenvalue weighted by atomic mass is 32.1. The highest BCUT2D eigenvalue weighted by Gasteiger charge is 2.01. The maximum absolute atomic E-state index is 5.84. The van der Waals surface area contributed by atoms with Gasteiger partial charge in [-0.25, -0.2) is 0 Å². The molecule has 0 aliphatic heterocycles. The Labute approximate surface area is 171 Å². The summed E-state index contributed by atoms with van der Waals surface area (Å²) in [6.07, 6.45) is 0. The van der Waals surface area contributed by atoms with Gasteiger partial charge in [-0.2, -0.15) is 5.10 Å². The molecule has 0 atom stereocenters. The molecule has 2 N–H and O–H groups in total. The van der Waals surface area contributed by atoms with Gasteiger partial charge in [0.15, 0.2) is 5.11 Å². The Hall–Kier alpha value is -3.18. The summed E-state index contributed by atoms with van der Waals surface area (Å²) in [5, 5.41) is 7.88. The molecule has 0 aliphatic carbocycles. The van der Waals surface area contributed by atoms with Gasteiger partial charge in [0.05, 0.1) is 5.71 Å². The maximum Gasteiger partial charge on any atom is 0.191 e. The molecular weight excluding hydrogens is 366 g/mol. The summed E-state index contributed by atoms with van der Waals surface area (Å²) in [4.78, 5) is 0. The van der Waals surface area contributed by atoms with E-state index in [-0.39, 0.29) is 0 Å². The van der Waals surface area contributed by atoms with E-state index in [9.17, 15) is 0 Å². The van der Waals surface area contributed by atoms with Gasteiger partial charge in [-0.15, -0.1) is 0 Å². The highest BCUT2D eigenvalue weighted by Crippen LogP contribution is 2.15. The first-order valence-electron chi connectivity index (χ1n) is 9.05. The minimum absolute atomic E-state index is 0.448. The van der Waals surface area contributed by atoms with Crippen molar-refractivity contribution in [3.8, 4) is 5.75 Å². The molecule has 0 radical (unpaired) electrons. The Kier molecular flexibility index (Phi) is 6.76. The number of aryl methyl sites for hydroxylation is 1. The molecule has 0 fully saturated rings. The van der Waals surface area contributed by atoms with Gasteiger partial charge >= 0.3 is 0 Å². The van der Waals surface area contributed by atoms with Gasteiger partial charge in [0.25, 0.3) is 0 Å². The average Bonchev–Trinajstić information content (AvgIpc) is 2.73. The van der Waals surface area contributed by atoms with Gasteiger partial charge in [-0.05, 0) is 73.6 Å². The number of para-hydroxylation sites is 1. The summed E-state index contributed by atoms with van der Waals surface area (Å²) in [5.74, 6) is 0.825. The van der Waals surface area contributed by atoms with Crippen LogP contribution in [0.15, 0.2) is 84.0 Å². The zero-order valence-electron chi connectivity index (χ0n) is 16.0. The van der Waals surface area contributed by atoms with Crippen molar-refractivity contribution in [1.29, 1.82) is 0 Å². The van der Waals surface area contributed by atoms with Crippen molar-refractivity contribution in [3.63, 3.8) is 0 Å². The van der Waals surface area contributed by atoms with Crippen molar-refractivity contribution in [1.82, 2.24) is 5.43 Å². The van der Waals surface area contributed by atoms with Gasteiger partial charge in [-0.3, -0.25) is 5.43 Å². The summed E-state index contributed by atoms with van der Waals surface area (Å²) in [6.45, 7) is 4.56. The van der Waals surface area contributed by atoms with Crippen LogP contribution in [-0.4, -0.2) is 10.8 Å². The van der Waals surface area contributed by atoms with Crippen LogP contribution in [-0.2, 0) is 6.61 Å². The Morgan fingerprint density at radius 1 is 0.929 bits per heavy atom. The van der Waals surface area contributed by atoms with E-state index in [2.05, 4.69) is 47.0 Å². The second-order valence-corrected chi connectivity index (χ2v) is 6.84. The van der Waals surface area contributed by atoms with Crippen LogP contribution in [0.5, 0.6) is 5.75 Å². The normalized spacial score (nSPS) is 11.0. The number of benzene rings is 3. The van der Waals surface area contributed by atoms with Gasteiger partial charge in [0, 0.05) is 5.69 Å². The first-order chi connectivity index (χ1) is 13.6. The Morgan fingerprint density at radius 2 is 1.61 bits per heavy atom. The third kappa shape index (κ3) is 5.93. The smallest absolute Gasteiger partial charge is 0.191 e. The topological polar surface area (TPSA) is 45.7 Å². The summed E-state index contributed by atoms with van der Waals surface area (Å²) in [5.41, 5.74) is 8.02. The molecule has 0 saturated carbocycles. The van der Waals surface area contributed by atoms with Crippen molar-refractivity contribution in [3.05, 3.63) is 95.6 Å². The predicted octanol–water partition coefficient (Wildman–Crippen LogP) is 5.28. The molecule has 142 valence electrons. The van der Waals surface area contributed by atoms with Crippen LogP contribution < -0.4 is 15.5 Å². The fourth-order valence-corrected chi connectivity index (χ4v) is 2.69. The predicted molar refractivity (Wildman–Crippen MR) is 120 cm³/mol. The summed E-state index contributed by atoms with van der Waals surface area (Å²) in [6, 6.07) is 25.9. The second-order valence-electron chi connectivity index (χ2n) is 6.43. The third-order valence-electron chi connectivity index (χ3n) is 4.16. The molecule has 0 aromatic heterocycles. The van der Waals surface area contributed by atoms with E-state index in [1.54, 1.807) is 0 Å². The van der Waals surface area contributed by atoms with Crippen LogP contribution in [0.3, 0.4) is 0 Å². The molecule has 3 rings (SSSR count). The van der Waals surface area contributed by atoms with Crippen LogP contribution in [0.1, 0.15) is 23.6 Å². The van der Waals surface area contributed by atoms with Crippen LogP contribution >= 0.6 is 12.2 Å². The lowest BCUT2D eigenvalue weighted by molar-refractivity contribution is 0.306. The first kappa shape index (κ1) is 19.6. The number of nitrogens with zero attached hydrogens (tertiary/aromatic N) is 1. The van der Waals surface area contributed by atoms with E-state index < -0.39 is 0 Å². The molecule has 0 aliphatic rings. The first-order valence-corrected chi connectivity index (χ1v) is 9.46. The molecule has 4 nitrogen and oxygen atoms in total. The molecule has 3 aromatic rings. The van der Waals surface area contributed by atoms with Gasteiger partial charge in [0.2, 0.25) is 0 Å². The standard InChI is InChI=1S/C23H23N3OS/c1-17-8-10-19(11-9-17)16-27-22-14-12-20(13-15-22)18(2)25-26-23(28)24-21-6-4-3-5-7-21/h3-15H,16H2,1-2H3,(H2,24,26,28). The number of rotatable bonds is 6. The van der Waals surface area contributed by atoms with Crippen LogP contribution in [0.2, 0.25) is 0 Å². The van der Waals surface area contributed by atoms with E-state index in [4.69, 9.17) is 17.0 Å². The van der Waals surface area contributed by atoms with Gasteiger partial charge in [0.1, 0.15) is 12.4 Å². The zero-order valence-corrected chi connectivity index (χ0v) is 16.8. The number of hydrogen-bond donors (Lipinski definition) is 2. The molecular formula is C23H23N3OS. The molecule has 0 bridgehead atoms. The van der Waals surface area contributed by atoms with Gasteiger partial charge in [-0.1, -0.05) is 48.0 Å². The molecule has 3 aromatic carbocycles. The maximum atomic E-state index is 5.84. The van der Waals surface area contributed by atoms with Crippen LogP contribution in [0.25, 0.3) is 0 Å². The number of thiocarbonyl (C=S) groups is 1. The van der Waals surface area contributed by atoms with Crippen molar-refractivity contribution in [2.75, 3.05) is 5.32 Å². The van der Waals surface area contributed by atoms with E-state index in [1.165, 1.54) is 5.56 Å². The molecule has 28 heavy (non-hydrogen) atoms. The van der Waals surface area contributed by atoms with E-state index in [0.717, 1.165) is 28.3 Å². The minimum atomic E-state index is 0.448. The Morgan fingerprint density at radius 3 is 2.29 bits per heavy atom. The van der Waals surface area contributed by atoms with Crippen LogP contribution in [0, 0.1) is 6.92 Å². The van der Waals surface area contributed by atoms with Gasteiger partial charge < -0.3 is 10.1 Å². The fraction of sp³-hybridized carbons (Fsp3) is 0.130. The molecule has 0 spiro atoms. The molecule has 5 heteroatoms. The number of nitrogens with one attached hydrogen (secondary N) is 2. The molecule has 0 saturated heterocycles. The number of hydrazone groups is 1. The second kappa shape index (κ2) is 9.67. The van der Waals surface area contributed by atoms with Crippen molar-refractivity contribution < 1.29 is 4.74 Å². The van der Waals surface area contributed by atoms with E-state index in [0.29, 0.717) is 11.7 Å². The number of hydrogen-bond acceptors (Lipinski definition) is 3. The van der Waals surface area contributed by atoms with Crippen molar-refractivity contribution >= 4 is 28.7 Å². The summed E-state index contributed by atoms with van der Waals surface area (Å²) >= 11 is 5.26. The fourth-order valence-electron chi connectivity index (χ4n) is 2.52. The highest BCUT2D eigenvalue weighted by molar-refractivity contribution is 7.80. The van der Waals surface area contributed by atoms with Crippen LogP contribution in [0.4, 0.5) is 5.69 Å². The number of ether oxygens (including phenoxy) is 1. The summed E-state index contributed by atoms with van der Waals surface area (Å²) < 4.78 is 5.84. The zero-order chi connectivity index (χ0) is 19.8. The SMILES string of the molecule is CC(=NNC(=S)Nc1ccccc1)c1ccc(OCc2ccc(C)cc2)cc1. The minimum Gasteiger partial charge on any atom is -0.489 e. The number of anilines is 1. The lowest BCUT2D eigenvalue weighted by Gasteiger charge is -2.09. The third-order valence-corrected chi connectivity index (χ3v) is 4.35. The lowest BCUT2D eigenvalue weighted by Crippen LogP contribution is -2.24. The average molecular weight is 390 g/mol. The van der Waals surface area contributed by atoms with Crippen molar-refractivity contribution in [2.24, 2.45) is 5.10 Å². The van der Waals surface area contributed by atoms with Crippen molar-refractivity contribution in [2.45, 2.75) is 20.5 Å². The Balaban J connectivity index is 1.52. The monoisotopic (exact) mass is 389 g/mol. The quantitative estimate of drug-likeness (QED) is 0.342. The Bertz CT molecular complexity index is 936. The molecule has 0 unspecified atom stereocenters. The lowest BCUT2D eigenvalue weighted by atomic mass is 10.1. The van der Waals surface area contributed by atoms with E-state index >= 15 is 0 Å². The molecule has 0 amide bonds. The van der Waals surface area contributed by atoms with E-state index in [1.807, 2.05) is 61.5 Å². The summed E-state index contributed by atoms with van der Waals surface area (Å²) in [7, 11) is 0. The largest absolute Gasteiger partial charge is 0.489 e.